The van der Waals surface area contributed by atoms with Crippen LogP contribution in [0.25, 0.3) is 21.3 Å². The quantitative estimate of drug-likeness (QED) is 0.212. The maximum atomic E-state index is 14.4. The highest BCUT2D eigenvalue weighted by atomic mass is 32.1. The van der Waals surface area contributed by atoms with Gasteiger partial charge >= 0.3 is 0 Å². The van der Waals surface area contributed by atoms with Gasteiger partial charge in [0.1, 0.15) is 35.6 Å². The predicted molar refractivity (Wildman–Crippen MR) is 158 cm³/mol. The SMILES string of the molecule is COc1cc(C(=O)NC(COC(C)(C)C)C(=O)c2ccc(OC)c(-c3csc4c(F)cccc34)n2)ccc1OCCO. The van der Waals surface area contributed by atoms with Gasteiger partial charge in [0, 0.05) is 21.9 Å². The van der Waals surface area contributed by atoms with E-state index in [1.165, 1.54) is 49.8 Å². The van der Waals surface area contributed by atoms with Crippen molar-refractivity contribution in [2.24, 2.45) is 0 Å². The fourth-order valence-electron chi connectivity index (χ4n) is 4.17. The number of aliphatic hydroxyl groups excluding tert-OH is 1. The molecule has 1 unspecified atom stereocenters. The number of aliphatic hydroxyl groups is 1. The summed E-state index contributed by atoms with van der Waals surface area (Å²) in [6.07, 6.45) is 0. The minimum Gasteiger partial charge on any atom is -0.494 e. The van der Waals surface area contributed by atoms with Gasteiger partial charge in [-0.05, 0) is 57.2 Å². The van der Waals surface area contributed by atoms with Crippen molar-refractivity contribution < 1.29 is 38.0 Å². The summed E-state index contributed by atoms with van der Waals surface area (Å²) in [5.41, 5.74) is 0.728. The summed E-state index contributed by atoms with van der Waals surface area (Å²) in [5.74, 6) is -0.282. The number of methoxy groups -OCH3 is 2. The molecule has 1 atom stereocenters. The molecule has 0 saturated carbocycles. The van der Waals surface area contributed by atoms with E-state index in [2.05, 4.69) is 10.3 Å². The number of hydrogen-bond donors (Lipinski definition) is 2. The van der Waals surface area contributed by atoms with Gasteiger partial charge in [-0.2, -0.15) is 0 Å². The first-order valence-electron chi connectivity index (χ1n) is 13.2. The van der Waals surface area contributed by atoms with E-state index >= 15 is 0 Å². The Kier molecular flexibility index (Phi) is 9.77. The minimum atomic E-state index is -1.08. The standard InChI is InChI=1S/C31H33FN2O7S/c1-31(2,3)41-16-23(34-30(37)18-9-11-24(40-14-13-35)26(15-18)39-5)28(36)22-10-12-25(38-4)27(33-22)20-17-42-29-19(20)7-6-8-21(29)32/h6-12,15,17,23,35H,13-14,16H2,1-5H3,(H,34,37). The monoisotopic (exact) mass is 596 g/mol. The molecule has 0 radical (unpaired) electrons. The number of hydrogen-bond acceptors (Lipinski definition) is 9. The fourth-order valence-corrected chi connectivity index (χ4v) is 5.13. The molecular formula is C31H33FN2O7S. The van der Waals surface area contributed by atoms with Gasteiger partial charge in [-0.1, -0.05) is 12.1 Å². The lowest BCUT2D eigenvalue weighted by molar-refractivity contribution is -0.0114. The lowest BCUT2D eigenvalue weighted by Crippen LogP contribution is -2.45. The van der Waals surface area contributed by atoms with Crippen molar-refractivity contribution in [3.8, 4) is 28.5 Å². The maximum absolute atomic E-state index is 14.4. The molecule has 2 aromatic heterocycles. The number of halogens is 1. The zero-order valence-electron chi connectivity index (χ0n) is 24.0. The van der Waals surface area contributed by atoms with E-state index in [0.29, 0.717) is 38.6 Å². The first-order valence-corrected chi connectivity index (χ1v) is 14.1. The van der Waals surface area contributed by atoms with Crippen molar-refractivity contribution in [1.82, 2.24) is 10.3 Å². The van der Waals surface area contributed by atoms with Crippen LogP contribution < -0.4 is 19.5 Å². The molecule has 11 heteroatoms. The number of rotatable bonds is 12. The number of nitrogens with one attached hydrogen (secondary N) is 1. The first kappa shape index (κ1) is 30.9. The average Bonchev–Trinajstić information content (AvgIpc) is 3.42. The van der Waals surface area contributed by atoms with E-state index in [4.69, 9.17) is 24.1 Å². The van der Waals surface area contributed by atoms with Gasteiger partial charge in [0.2, 0.25) is 5.78 Å². The number of aromatic nitrogens is 1. The number of amides is 1. The van der Waals surface area contributed by atoms with Crippen LogP contribution in [0.15, 0.2) is 53.9 Å². The molecular weight excluding hydrogens is 563 g/mol. The minimum absolute atomic E-state index is 0.0651. The predicted octanol–water partition coefficient (Wildman–Crippen LogP) is 5.29. The summed E-state index contributed by atoms with van der Waals surface area (Å²) < 4.78 is 37.1. The fraction of sp³-hybridized carbons (Fsp3) is 0.323. The second-order valence-corrected chi connectivity index (χ2v) is 11.1. The zero-order chi connectivity index (χ0) is 30.4. The van der Waals surface area contributed by atoms with Crippen molar-refractivity contribution >= 4 is 33.1 Å². The topological polar surface area (TPSA) is 116 Å². The van der Waals surface area contributed by atoms with Crippen LogP contribution in [0.3, 0.4) is 0 Å². The van der Waals surface area contributed by atoms with Gasteiger partial charge in [0.25, 0.3) is 5.91 Å². The van der Waals surface area contributed by atoms with Crippen molar-refractivity contribution in [3.63, 3.8) is 0 Å². The Bertz CT molecular complexity index is 1580. The summed E-state index contributed by atoms with van der Waals surface area (Å²) >= 11 is 1.24. The van der Waals surface area contributed by atoms with Gasteiger partial charge in [-0.15, -0.1) is 11.3 Å². The number of pyridine rings is 1. The Hall–Kier alpha value is -4.06. The molecule has 0 saturated heterocycles. The Morgan fingerprint density at radius 1 is 1.05 bits per heavy atom. The van der Waals surface area contributed by atoms with Crippen LogP contribution in [0.1, 0.15) is 41.6 Å². The number of benzene rings is 2. The van der Waals surface area contributed by atoms with Crippen molar-refractivity contribution in [3.05, 3.63) is 71.0 Å². The van der Waals surface area contributed by atoms with E-state index in [0.717, 1.165) is 0 Å². The van der Waals surface area contributed by atoms with E-state index in [1.807, 2.05) is 20.8 Å². The van der Waals surface area contributed by atoms with Crippen LogP contribution in [0.2, 0.25) is 0 Å². The smallest absolute Gasteiger partial charge is 0.252 e. The van der Waals surface area contributed by atoms with Gasteiger partial charge in [0.15, 0.2) is 11.5 Å². The summed E-state index contributed by atoms with van der Waals surface area (Å²) in [4.78, 5) is 31.8. The van der Waals surface area contributed by atoms with Crippen molar-refractivity contribution in [2.45, 2.75) is 32.4 Å². The Morgan fingerprint density at radius 2 is 1.79 bits per heavy atom. The number of fused-ring (bicyclic) bond motifs is 1. The van der Waals surface area contributed by atoms with Crippen LogP contribution in [0.5, 0.6) is 17.2 Å². The largest absolute Gasteiger partial charge is 0.494 e. The molecule has 222 valence electrons. The van der Waals surface area contributed by atoms with E-state index < -0.39 is 23.3 Å². The first-order chi connectivity index (χ1) is 20.1. The highest BCUT2D eigenvalue weighted by molar-refractivity contribution is 7.17. The number of ether oxygens (including phenoxy) is 4. The second-order valence-electron chi connectivity index (χ2n) is 10.3. The molecule has 0 spiro atoms. The summed E-state index contributed by atoms with van der Waals surface area (Å²) in [6.45, 7) is 5.31. The van der Waals surface area contributed by atoms with E-state index in [9.17, 15) is 14.0 Å². The molecule has 2 N–H and O–H groups in total. The van der Waals surface area contributed by atoms with Crippen LogP contribution >= 0.6 is 11.3 Å². The Morgan fingerprint density at radius 3 is 2.48 bits per heavy atom. The third-order valence-electron chi connectivity index (χ3n) is 6.22. The van der Waals surface area contributed by atoms with Crippen LogP contribution in [-0.4, -0.2) is 67.5 Å². The highest BCUT2D eigenvalue weighted by Gasteiger charge is 2.28. The molecule has 0 aliphatic carbocycles. The van der Waals surface area contributed by atoms with Gasteiger partial charge < -0.3 is 29.4 Å². The molecule has 0 aliphatic rings. The Balaban J connectivity index is 1.67. The average molecular weight is 597 g/mol. The number of Topliss-reactive ketones (excluding diaryl/α,β-unsaturated/α-hetero) is 1. The second kappa shape index (κ2) is 13.3. The molecule has 2 aromatic carbocycles. The van der Waals surface area contributed by atoms with Crippen LogP contribution in [0, 0.1) is 5.82 Å². The van der Waals surface area contributed by atoms with Gasteiger partial charge in [-0.25, -0.2) is 9.37 Å². The van der Waals surface area contributed by atoms with Crippen LogP contribution in [0.4, 0.5) is 4.39 Å². The zero-order valence-corrected chi connectivity index (χ0v) is 24.8. The number of carbonyl (C=O) groups excluding carboxylic acids is 2. The van der Waals surface area contributed by atoms with Crippen molar-refractivity contribution in [1.29, 1.82) is 0 Å². The molecule has 0 fully saturated rings. The molecule has 4 rings (SSSR count). The molecule has 42 heavy (non-hydrogen) atoms. The lowest BCUT2D eigenvalue weighted by atomic mass is 10.0. The number of ketones is 1. The third-order valence-corrected chi connectivity index (χ3v) is 7.22. The Labute approximate surface area is 247 Å². The number of carbonyl (C=O) groups is 2. The molecule has 4 aromatic rings. The van der Waals surface area contributed by atoms with Crippen LogP contribution in [-0.2, 0) is 4.74 Å². The third kappa shape index (κ3) is 7.04. The summed E-state index contributed by atoms with van der Waals surface area (Å²) in [5, 5.41) is 14.2. The molecule has 1 amide bonds. The number of nitrogens with zero attached hydrogens (tertiary/aromatic N) is 1. The molecule has 0 aliphatic heterocycles. The van der Waals surface area contributed by atoms with Gasteiger partial charge in [-0.3, -0.25) is 9.59 Å². The summed E-state index contributed by atoms with van der Waals surface area (Å²) in [6, 6.07) is 11.4. The molecule has 0 bridgehead atoms. The summed E-state index contributed by atoms with van der Waals surface area (Å²) in [7, 11) is 2.93. The number of thiophene rings is 1. The normalized spacial score (nSPS) is 12.2. The maximum Gasteiger partial charge on any atom is 0.252 e. The highest BCUT2D eigenvalue weighted by Crippen LogP contribution is 2.38. The molecule has 9 nitrogen and oxygen atoms in total. The lowest BCUT2D eigenvalue weighted by Gasteiger charge is -2.24. The van der Waals surface area contributed by atoms with Crippen molar-refractivity contribution in [2.75, 3.05) is 34.0 Å². The molecule has 2 heterocycles. The van der Waals surface area contributed by atoms with E-state index in [-0.39, 0.29) is 36.9 Å². The van der Waals surface area contributed by atoms with Gasteiger partial charge in [0.05, 0.1) is 37.7 Å². The van der Waals surface area contributed by atoms with E-state index in [1.54, 1.807) is 29.6 Å².